The van der Waals surface area contributed by atoms with Crippen molar-refractivity contribution in [1.82, 2.24) is 20.2 Å². The zero-order chi connectivity index (χ0) is 22.4. The molecular weight excluding hydrogens is 418 g/mol. The van der Waals surface area contributed by atoms with Gasteiger partial charge in [-0.2, -0.15) is 4.80 Å². The number of anilines is 1. The van der Waals surface area contributed by atoms with E-state index in [0.29, 0.717) is 17.3 Å². The van der Waals surface area contributed by atoms with Gasteiger partial charge in [-0.25, -0.2) is 8.42 Å². The van der Waals surface area contributed by atoms with Crippen molar-refractivity contribution in [3.05, 3.63) is 54.6 Å². The average Bonchev–Trinajstić information content (AvgIpc) is 3.17. The van der Waals surface area contributed by atoms with E-state index >= 15 is 0 Å². The topological polar surface area (TPSA) is 116 Å². The maximum atomic E-state index is 13.0. The van der Waals surface area contributed by atoms with Gasteiger partial charge in [-0.3, -0.25) is 4.79 Å². The smallest absolute Gasteiger partial charge is 0.251 e. The van der Waals surface area contributed by atoms with Crippen LogP contribution in [0.5, 0.6) is 5.75 Å². The van der Waals surface area contributed by atoms with E-state index in [2.05, 4.69) is 20.7 Å². The minimum Gasteiger partial charge on any atom is -0.492 e. The molecule has 3 rings (SSSR count). The summed E-state index contributed by atoms with van der Waals surface area (Å²) >= 11 is 0. The molecule has 1 N–H and O–H groups in total. The quantitative estimate of drug-likeness (QED) is 0.540. The number of sulfone groups is 1. The molecule has 31 heavy (non-hydrogen) atoms. The Hall–Kier alpha value is -3.27. The molecule has 1 heterocycles. The molecule has 164 valence electrons. The highest BCUT2D eigenvalue weighted by molar-refractivity contribution is 7.90. The van der Waals surface area contributed by atoms with E-state index in [0.717, 1.165) is 11.8 Å². The number of carbonyl (C=O) groups is 1. The molecule has 1 aromatic heterocycles. The Balaban J connectivity index is 1.72. The molecule has 0 spiro atoms. The molecule has 0 bridgehead atoms. The Labute approximate surface area is 181 Å². The molecule has 1 unspecified atom stereocenters. The van der Waals surface area contributed by atoms with Gasteiger partial charge in [-0.05, 0) is 23.3 Å². The van der Waals surface area contributed by atoms with Gasteiger partial charge in [0.05, 0.1) is 5.75 Å². The third-order valence-corrected chi connectivity index (χ3v) is 5.34. The third kappa shape index (κ3) is 6.35. The summed E-state index contributed by atoms with van der Waals surface area (Å²) in [6.45, 7) is 3.84. The van der Waals surface area contributed by atoms with E-state index in [1.165, 1.54) is 4.80 Å². The number of benzene rings is 2. The molecule has 1 atom stereocenters. The van der Waals surface area contributed by atoms with Crippen LogP contribution in [-0.4, -0.2) is 53.1 Å². The monoisotopic (exact) mass is 443 g/mol. The lowest BCUT2D eigenvalue weighted by Crippen LogP contribution is -2.31. The first-order valence-electron chi connectivity index (χ1n) is 9.79. The van der Waals surface area contributed by atoms with Gasteiger partial charge in [-0.1, -0.05) is 50.2 Å². The molecule has 0 aliphatic rings. The van der Waals surface area contributed by atoms with Crippen LogP contribution < -0.4 is 10.1 Å². The number of aromatic nitrogens is 4. The fourth-order valence-electron chi connectivity index (χ4n) is 2.91. The Morgan fingerprint density at radius 2 is 1.87 bits per heavy atom. The lowest BCUT2D eigenvalue weighted by atomic mass is 10.0. The first kappa shape index (κ1) is 22.4. The fraction of sp³-hybridized carbons (Fsp3) is 0.333. The van der Waals surface area contributed by atoms with Crippen LogP contribution in [0.25, 0.3) is 11.4 Å². The minimum absolute atomic E-state index is 0.0377. The van der Waals surface area contributed by atoms with E-state index in [4.69, 9.17) is 4.74 Å². The summed E-state index contributed by atoms with van der Waals surface area (Å²) in [4.78, 5) is 14.3. The van der Waals surface area contributed by atoms with Crippen molar-refractivity contribution in [2.24, 2.45) is 5.92 Å². The van der Waals surface area contributed by atoms with Crippen LogP contribution in [0.3, 0.4) is 0 Å². The van der Waals surface area contributed by atoms with Crippen molar-refractivity contribution in [3.63, 3.8) is 0 Å². The maximum Gasteiger partial charge on any atom is 0.251 e. The molecule has 0 saturated carbocycles. The zero-order valence-electron chi connectivity index (χ0n) is 17.6. The van der Waals surface area contributed by atoms with Crippen LogP contribution in [0.4, 0.5) is 5.69 Å². The first-order chi connectivity index (χ1) is 14.7. The van der Waals surface area contributed by atoms with Crippen LogP contribution >= 0.6 is 0 Å². The van der Waals surface area contributed by atoms with Gasteiger partial charge >= 0.3 is 0 Å². The van der Waals surface area contributed by atoms with Crippen molar-refractivity contribution in [3.8, 4) is 17.1 Å². The summed E-state index contributed by atoms with van der Waals surface area (Å²) in [7, 11) is -3.11. The Morgan fingerprint density at radius 3 is 2.55 bits per heavy atom. The van der Waals surface area contributed by atoms with Crippen LogP contribution in [0.2, 0.25) is 0 Å². The van der Waals surface area contributed by atoms with E-state index in [1.807, 2.05) is 44.2 Å². The van der Waals surface area contributed by atoms with Crippen LogP contribution in [0, 0.1) is 5.92 Å². The fourth-order valence-corrected chi connectivity index (χ4v) is 3.30. The van der Waals surface area contributed by atoms with Crippen molar-refractivity contribution < 1.29 is 17.9 Å². The molecule has 0 aliphatic heterocycles. The van der Waals surface area contributed by atoms with Gasteiger partial charge in [0.1, 0.15) is 12.4 Å². The average molecular weight is 444 g/mol. The molecular formula is C21H25N5O4S. The summed E-state index contributed by atoms with van der Waals surface area (Å²) in [6.07, 6.45) is 1.15. The highest BCUT2D eigenvalue weighted by Gasteiger charge is 2.27. The number of carbonyl (C=O) groups excluding carboxylic acids is 1. The standard InChI is InChI=1S/C21H25N5O4S/c1-15(2)19(26-24-20(23-25-26)16-8-5-4-6-9-16)21(27)22-17-10-7-11-18(14-17)30-12-13-31(3,28)29/h4-11,14-15,19H,12-13H2,1-3H3,(H,22,27). The maximum absolute atomic E-state index is 13.0. The van der Waals surface area contributed by atoms with Crippen molar-refractivity contribution in [1.29, 1.82) is 0 Å². The Bertz CT molecular complexity index is 1130. The molecule has 9 nitrogen and oxygen atoms in total. The SMILES string of the molecule is CC(C)C(C(=O)Nc1cccc(OCCS(C)(=O)=O)c1)n1nnc(-c2ccccc2)n1. The summed E-state index contributed by atoms with van der Waals surface area (Å²) in [5.74, 6) is 0.446. The molecule has 0 fully saturated rings. The zero-order valence-corrected chi connectivity index (χ0v) is 18.4. The highest BCUT2D eigenvalue weighted by atomic mass is 32.2. The van der Waals surface area contributed by atoms with Gasteiger partial charge in [0.25, 0.3) is 5.91 Å². The normalized spacial score (nSPS) is 12.5. The number of nitrogens with zero attached hydrogens (tertiary/aromatic N) is 4. The number of hydrogen-bond acceptors (Lipinski definition) is 7. The second-order valence-electron chi connectivity index (χ2n) is 7.48. The first-order valence-corrected chi connectivity index (χ1v) is 11.9. The van der Waals surface area contributed by atoms with Crippen LogP contribution in [0.15, 0.2) is 54.6 Å². The number of rotatable bonds is 9. The van der Waals surface area contributed by atoms with Crippen molar-refractivity contribution in [2.75, 3.05) is 23.9 Å². The molecule has 2 aromatic carbocycles. The van der Waals surface area contributed by atoms with Gasteiger partial charge in [-0.15, -0.1) is 10.2 Å². The Kier molecular flexibility index (Phi) is 7.01. The minimum atomic E-state index is -3.11. The summed E-state index contributed by atoms with van der Waals surface area (Å²) in [6, 6.07) is 15.5. The number of hydrogen-bond donors (Lipinski definition) is 1. The van der Waals surface area contributed by atoms with Gasteiger partial charge in [0.15, 0.2) is 15.9 Å². The van der Waals surface area contributed by atoms with Crippen molar-refractivity contribution in [2.45, 2.75) is 19.9 Å². The number of nitrogens with one attached hydrogen (secondary N) is 1. The molecule has 3 aromatic rings. The lowest BCUT2D eigenvalue weighted by molar-refractivity contribution is -0.121. The predicted octanol–water partition coefficient (Wildman–Crippen LogP) is 2.60. The van der Waals surface area contributed by atoms with Gasteiger partial charge in [0.2, 0.25) is 5.82 Å². The highest BCUT2D eigenvalue weighted by Crippen LogP contribution is 2.22. The third-order valence-electron chi connectivity index (χ3n) is 4.43. The molecule has 1 amide bonds. The van der Waals surface area contributed by atoms with Gasteiger partial charge < -0.3 is 10.1 Å². The summed E-state index contributed by atoms with van der Waals surface area (Å²) in [5.41, 5.74) is 1.34. The molecule has 0 aliphatic carbocycles. The van der Waals surface area contributed by atoms with E-state index in [1.54, 1.807) is 24.3 Å². The molecule has 0 radical (unpaired) electrons. The largest absolute Gasteiger partial charge is 0.492 e. The summed E-state index contributed by atoms with van der Waals surface area (Å²) in [5, 5.41) is 15.4. The summed E-state index contributed by atoms with van der Waals surface area (Å²) < 4.78 is 28.0. The van der Waals surface area contributed by atoms with E-state index < -0.39 is 15.9 Å². The lowest BCUT2D eigenvalue weighted by Gasteiger charge is -2.19. The van der Waals surface area contributed by atoms with Crippen LogP contribution in [-0.2, 0) is 14.6 Å². The second kappa shape index (κ2) is 9.69. The molecule has 10 heteroatoms. The van der Waals surface area contributed by atoms with Crippen molar-refractivity contribution >= 4 is 21.4 Å². The Morgan fingerprint density at radius 1 is 1.13 bits per heavy atom. The number of amides is 1. The predicted molar refractivity (Wildman–Crippen MR) is 117 cm³/mol. The molecule has 0 saturated heterocycles. The van der Waals surface area contributed by atoms with Gasteiger partial charge in [0, 0.05) is 23.6 Å². The van der Waals surface area contributed by atoms with E-state index in [9.17, 15) is 13.2 Å². The van der Waals surface area contributed by atoms with Crippen LogP contribution in [0.1, 0.15) is 19.9 Å². The number of tetrazole rings is 1. The second-order valence-corrected chi connectivity index (χ2v) is 9.74. The van der Waals surface area contributed by atoms with E-state index in [-0.39, 0.29) is 24.2 Å². The number of ether oxygens (including phenoxy) is 1.